The molecule has 2 aliphatic rings. The first kappa shape index (κ1) is 16.6. The Balaban J connectivity index is 1.80. The normalized spacial score (nSPS) is 24.1. The highest BCUT2D eigenvalue weighted by Crippen LogP contribution is 2.46. The van der Waals surface area contributed by atoms with Crippen LogP contribution < -0.4 is 15.3 Å². The van der Waals surface area contributed by atoms with E-state index in [0.29, 0.717) is 0 Å². The van der Waals surface area contributed by atoms with Crippen molar-refractivity contribution in [3.05, 3.63) is 53.6 Å². The molecule has 1 fully saturated rings. The van der Waals surface area contributed by atoms with Crippen LogP contribution in [0, 0.1) is 0 Å². The Bertz CT molecular complexity index is 868. The number of rotatable bonds is 2. The molecule has 4 rings (SSSR count). The van der Waals surface area contributed by atoms with Crippen LogP contribution in [0.5, 0.6) is 0 Å². The predicted molar refractivity (Wildman–Crippen MR) is 107 cm³/mol. The number of fused-ring (bicyclic) bond motifs is 1. The molecule has 0 spiro atoms. The van der Waals surface area contributed by atoms with Gasteiger partial charge in [-0.3, -0.25) is 4.79 Å². The topological polar surface area (TPSA) is 35.6 Å². The van der Waals surface area contributed by atoms with Gasteiger partial charge in [-0.2, -0.15) is 0 Å². The molecule has 2 aromatic rings. The third-order valence-corrected chi connectivity index (χ3v) is 7.34. The van der Waals surface area contributed by atoms with Gasteiger partial charge in [-0.15, -0.1) is 10.5 Å². The van der Waals surface area contributed by atoms with Gasteiger partial charge in [0.05, 0.1) is 28.2 Å². The smallest absolute Gasteiger partial charge is 0.276 e. The molecule has 0 radical (unpaired) electrons. The molecular weight excluding hydrogens is 354 g/mol. The monoisotopic (exact) mass is 373 g/mol. The second kappa shape index (κ2) is 6.48. The van der Waals surface area contributed by atoms with Crippen molar-refractivity contribution in [1.29, 1.82) is 0 Å². The van der Waals surface area contributed by atoms with Crippen molar-refractivity contribution < 1.29 is 4.79 Å². The number of hydrogen-bond donors (Lipinski definition) is 1. The Morgan fingerprint density at radius 2 is 2.00 bits per heavy atom. The van der Waals surface area contributed by atoms with Gasteiger partial charge in [-0.25, -0.2) is 10.4 Å². The highest BCUT2D eigenvalue weighted by Gasteiger charge is 2.38. The molecule has 0 aromatic heterocycles. The number of anilines is 2. The van der Waals surface area contributed by atoms with Crippen LogP contribution in [-0.4, -0.2) is 29.2 Å². The molecule has 1 amide bonds. The maximum absolute atomic E-state index is 13.2. The van der Waals surface area contributed by atoms with E-state index in [0.717, 1.165) is 33.7 Å². The fourth-order valence-corrected chi connectivity index (χ4v) is 6.15. The largest absolute Gasteiger partial charge is 0.362 e. The highest BCUT2D eigenvalue weighted by atomic mass is 35.5. The van der Waals surface area contributed by atoms with Gasteiger partial charge in [-0.05, 0) is 44.2 Å². The van der Waals surface area contributed by atoms with Crippen LogP contribution in [0.25, 0.3) is 0 Å². The summed E-state index contributed by atoms with van der Waals surface area (Å²) in [5.74, 6) is 0.919. The average Bonchev–Trinajstić information content (AvgIpc) is 3.12. The van der Waals surface area contributed by atoms with E-state index in [-0.39, 0.29) is 22.4 Å². The van der Waals surface area contributed by atoms with E-state index in [1.54, 1.807) is 5.01 Å². The molecule has 6 heteroatoms. The molecule has 2 aromatic carbocycles. The minimum Gasteiger partial charge on any atom is -0.362 e. The summed E-state index contributed by atoms with van der Waals surface area (Å²) in [4.78, 5) is 17.6. The summed E-state index contributed by atoms with van der Waals surface area (Å²) in [5, 5.41) is 2.42. The van der Waals surface area contributed by atoms with Crippen LogP contribution in [0.3, 0.4) is 0 Å². The number of halogens is 1. The lowest BCUT2D eigenvalue weighted by Gasteiger charge is -2.16. The first-order chi connectivity index (χ1) is 12.1. The molecule has 2 aliphatic heterocycles. The minimum absolute atomic E-state index is 0.0105. The fourth-order valence-electron chi connectivity index (χ4n) is 3.38. The number of benzene rings is 2. The van der Waals surface area contributed by atoms with Crippen molar-refractivity contribution >= 4 is 44.2 Å². The lowest BCUT2D eigenvalue weighted by Crippen LogP contribution is -2.36. The van der Waals surface area contributed by atoms with E-state index >= 15 is 0 Å². The number of para-hydroxylation sites is 1. The van der Waals surface area contributed by atoms with Gasteiger partial charge in [0, 0.05) is 16.5 Å². The Morgan fingerprint density at radius 1 is 1.24 bits per heavy atom. The highest BCUT2D eigenvalue weighted by molar-refractivity contribution is 8.17. The van der Waals surface area contributed by atoms with Gasteiger partial charge >= 0.3 is 0 Å². The predicted octanol–water partition coefficient (Wildman–Crippen LogP) is 3.88. The summed E-state index contributed by atoms with van der Waals surface area (Å²) in [6.45, 7) is 5.10. The zero-order valence-electron chi connectivity index (χ0n) is 14.2. The van der Waals surface area contributed by atoms with E-state index in [1.165, 1.54) is 4.90 Å². The minimum atomic E-state index is -0.240. The summed E-state index contributed by atoms with van der Waals surface area (Å²) in [6, 6.07) is 15.8. The van der Waals surface area contributed by atoms with Gasteiger partial charge in [0.1, 0.15) is 0 Å². The Kier molecular flexibility index (Phi) is 4.31. The first-order valence-corrected chi connectivity index (χ1v) is 10.1. The van der Waals surface area contributed by atoms with E-state index < -0.39 is 0 Å². The van der Waals surface area contributed by atoms with Crippen LogP contribution in [0.1, 0.15) is 13.8 Å². The van der Waals surface area contributed by atoms with Crippen molar-refractivity contribution in [2.75, 3.05) is 22.3 Å². The molecule has 0 aliphatic carbocycles. The van der Waals surface area contributed by atoms with E-state index in [9.17, 15) is 4.79 Å². The van der Waals surface area contributed by atoms with Gasteiger partial charge in [-0.1, -0.05) is 29.8 Å². The molecule has 2 unspecified atom stereocenters. The van der Waals surface area contributed by atoms with Crippen molar-refractivity contribution in [3.8, 4) is 0 Å². The molecule has 0 saturated carbocycles. The third kappa shape index (κ3) is 2.76. The maximum atomic E-state index is 13.2. The zero-order valence-corrected chi connectivity index (χ0v) is 15.8. The summed E-state index contributed by atoms with van der Waals surface area (Å²) in [7, 11) is -0.240. The van der Waals surface area contributed by atoms with Crippen molar-refractivity contribution in [2.45, 2.75) is 24.8 Å². The maximum Gasteiger partial charge on any atom is 0.276 e. The third-order valence-electron chi connectivity index (χ3n) is 4.60. The van der Waals surface area contributed by atoms with Crippen LogP contribution in [0.15, 0.2) is 53.4 Å². The number of hydrazine groups is 1. The molecule has 2 atom stereocenters. The van der Waals surface area contributed by atoms with Gasteiger partial charge in [0.25, 0.3) is 5.91 Å². The Labute approximate surface area is 155 Å². The number of nitrogens with one attached hydrogen (secondary N) is 1. The summed E-state index contributed by atoms with van der Waals surface area (Å²) < 4.78 is 0. The standard InChI is InChI=1S/C19H20ClN3OS/c1-3-22-12-25(17-10-9-14(20)11-16(17)22)18-13(2)21-23(19(18)24)15-7-5-4-6-8-15/h4-11,13,21H,3,12H2,1-2H3. The number of hydrogen-bond acceptors (Lipinski definition) is 3. The Morgan fingerprint density at radius 3 is 2.72 bits per heavy atom. The number of carbonyl (C=O) groups is 1. The van der Waals surface area contributed by atoms with Crippen LogP contribution in [0.2, 0.25) is 5.02 Å². The van der Waals surface area contributed by atoms with Gasteiger partial charge in [0.15, 0.2) is 0 Å². The van der Waals surface area contributed by atoms with Crippen LogP contribution >= 0.6 is 22.1 Å². The molecule has 25 heavy (non-hydrogen) atoms. The number of nitrogens with zero attached hydrogens (tertiary/aromatic N) is 2. The molecule has 2 heterocycles. The van der Waals surface area contributed by atoms with Crippen molar-refractivity contribution in [3.63, 3.8) is 0 Å². The van der Waals surface area contributed by atoms with Crippen molar-refractivity contribution in [2.24, 2.45) is 0 Å². The lowest BCUT2D eigenvalue weighted by atomic mass is 10.2. The Hall–Kier alpha value is -1.82. The van der Waals surface area contributed by atoms with E-state index in [4.69, 9.17) is 11.6 Å². The molecule has 130 valence electrons. The van der Waals surface area contributed by atoms with Crippen LogP contribution in [-0.2, 0) is 4.79 Å². The lowest BCUT2D eigenvalue weighted by molar-refractivity contribution is -0.112. The quantitative estimate of drug-likeness (QED) is 0.811. The average molecular weight is 374 g/mol. The van der Waals surface area contributed by atoms with Crippen molar-refractivity contribution in [1.82, 2.24) is 5.43 Å². The molecule has 1 saturated heterocycles. The summed E-state index contributed by atoms with van der Waals surface area (Å²) in [5.41, 5.74) is 5.36. The zero-order chi connectivity index (χ0) is 17.6. The molecule has 0 bridgehead atoms. The number of amides is 1. The van der Waals surface area contributed by atoms with Gasteiger partial charge < -0.3 is 4.90 Å². The van der Waals surface area contributed by atoms with Crippen LogP contribution in [0.4, 0.5) is 11.4 Å². The first-order valence-electron chi connectivity index (χ1n) is 8.38. The molecule has 4 nitrogen and oxygen atoms in total. The number of carbonyl (C=O) groups excluding carboxylic acids is 1. The van der Waals surface area contributed by atoms with Gasteiger partial charge in [0.2, 0.25) is 0 Å². The molecule has 1 N–H and O–H groups in total. The molecular formula is C19H20ClN3OS. The SMILES string of the molecule is CCN1CS(=C2C(=O)N(c3ccccc3)NC2C)c2ccc(Cl)cc21. The van der Waals surface area contributed by atoms with E-state index in [1.807, 2.05) is 42.5 Å². The second-order valence-corrected chi connectivity index (χ2v) is 8.53. The summed E-state index contributed by atoms with van der Waals surface area (Å²) in [6.07, 6.45) is 0. The fraction of sp³-hybridized carbons (Fsp3) is 0.263. The second-order valence-electron chi connectivity index (χ2n) is 6.18. The van der Waals surface area contributed by atoms with E-state index in [2.05, 4.69) is 30.2 Å². The summed E-state index contributed by atoms with van der Waals surface area (Å²) >= 11 is 6.20.